The van der Waals surface area contributed by atoms with E-state index >= 15 is 0 Å². The Kier molecular flexibility index (Phi) is 18.9. The standard InChI is InChI=1S/C21H38O3/c1-3-5-7-8-9-10-11-12-13-14-15-16-17-18-20-24-21(22)23-19-6-4-2/h2H,3,5-20H2,1H3. The number of ether oxygens (including phenoxy) is 2. The minimum Gasteiger partial charge on any atom is -0.434 e. The Hall–Kier alpha value is -1.17. The Morgan fingerprint density at radius 2 is 1.12 bits per heavy atom. The minimum atomic E-state index is -0.597. The molecule has 0 aliphatic carbocycles. The Morgan fingerprint density at radius 3 is 1.58 bits per heavy atom. The van der Waals surface area contributed by atoms with Crippen LogP contribution < -0.4 is 0 Å². The zero-order valence-corrected chi connectivity index (χ0v) is 15.8. The third kappa shape index (κ3) is 18.9. The van der Waals surface area contributed by atoms with Gasteiger partial charge in [0.05, 0.1) is 6.61 Å². The highest BCUT2D eigenvalue weighted by atomic mass is 16.7. The van der Waals surface area contributed by atoms with Gasteiger partial charge in [-0.05, 0) is 6.42 Å². The maximum absolute atomic E-state index is 11.1. The first kappa shape index (κ1) is 22.8. The van der Waals surface area contributed by atoms with Crippen LogP contribution in [-0.2, 0) is 9.47 Å². The smallest absolute Gasteiger partial charge is 0.434 e. The SMILES string of the molecule is C#CCCOC(=O)OCCCCCCCCCCCCCCCC. The second-order valence-corrected chi connectivity index (χ2v) is 6.50. The summed E-state index contributed by atoms with van der Waals surface area (Å²) in [5, 5.41) is 0. The molecular weight excluding hydrogens is 300 g/mol. The van der Waals surface area contributed by atoms with Gasteiger partial charge in [0.2, 0.25) is 0 Å². The van der Waals surface area contributed by atoms with Gasteiger partial charge in [0, 0.05) is 6.42 Å². The maximum Gasteiger partial charge on any atom is 0.508 e. The van der Waals surface area contributed by atoms with Crippen molar-refractivity contribution < 1.29 is 14.3 Å². The van der Waals surface area contributed by atoms with Crippen molar-refractivity contribution in [1.82, 2.24) is 0 Å². The molecule has 0 fully saturated rings. The van der Waals surface area contributed by atoms with E-state index in [1.54, 1.807) is 0 Å². The fourth-order valence-corrected chi connectivity index (χ4v) is 2.69. The molecule has 0 atom stereocenters. The van der Waals surface area contributed by atoms with Gasteiger partial charge >= 0.3 is 6.16 Å². The molecule has 0 rings (SSSR count). The summed E-state index contributed by atoms with van der Waals surface area (Å²) in [6.07, 6.45) is 23.4. The van der Waals surface area contributed by atoms with Crippen molar-refractivity contribution in [3.63, 3.8) is 0 Å². The lowest BCUT2D eigenvalue weighted by Gasteiger charge is -2.05. The van der Waals surface area contributed by atoms with Crippen LogP contribution in [0.1, 0.15) is 103 Å². The summed E-state index contributed by atoms with van der Waals surface area (Å²) < 4.78 is 9.76. The minimum absolute atomic E-state index is 0.244. The summed E-state index contributed by atoms with van der Waals surface area (Å²) >= 11 is 0. The maximum atomic E-state index is 11.1. The van der Waals surface area contributed by atoms with E-state index < -0.39 is 6.16 Å². The molecule has 3 nitrogen and oxygen atoms in total. The van der Waals surface area contributed by atoms with Gasteiger partial charge in [-0.25, -0.2) is 4.79 Å². The molecule has 0 radical (unpaired) electrons. The van der Waals surface area contributed by atoms with Crippen molar-refractivity contribution in [2.45, 2.75) is 103 Å². The third-order valence-electron chi connectivity index (χ3n) is 4.18. The molecule has 0 aromatic carbocycles. The molecule has 0 saturated carbocycles. The molecule has 0 heterocycles. The second kappa shape index (κ2) is 19.9. The summed E-state index contributed by atoms with van der Waals surface area (Å²) in [7, 11) is 0. The van der Waals surface area contributed by atoms with Crippen LogP contribution in [-0.4, -0.2) is 19.4 Å². The highest BCUT2D eigenvalue weighted by Gasteiger charge is 2.02. The predicted octanol–water partition coefficient (Wildman–Crippen LogP) is 6.64. The lowest BCUT2D eigenvalue weighted by Crippen LogP contribution is -2.09. The fraction of sp³-hybridized carbons (Fsp3) is 0.857. The van der Waals surface area contributed by atoms with Crippen molar-refractivity contribution in [3.05, 3.63) is 0 Å². The average molecular weight is 339 g/mol. The monoisotopic (exact) mass is 338 g/mol. The van der Waals surface area contributed by atoms with E-state index in [4.69, 9.17) is 15.9 Å². The fourth-order valence-electron chi connectivity index (χ4n) is 2.69. The Labute approximate surface area is 149 Å². The predicted molar refractivity (Wildman–Crippen MR) is 101 cm³/mol. The van der Waals surface area contributed by atoms with Crippen molar-refractivity contribution in [3.8, 4) is 12.3 Å². The first-order valence-electron chi connectivity index (χ1n) is 10.0. The van der Waals surface area contributed by atoms with Gasteiger partial charge in [-0.2, -0.15) is 0 Å². The molecule has 0 aromatic rings. The van der Waals surface area contributed by atoms with Gasteiger partial charge in [0.25, 0.3) is 0 Å². The lowest BCUT2D eigenvalue weighted by molar-refractivity contribution is 0.0556. The lowest BCUT2D eigenvalue weighted by atomic mass is 10.0. The van der Waals surface area contributed by atoms with Gasteiger partial charge in [0.1, 0.15) is 6.61 Å². The molecule has 140 valence electrons. The number of carbonyl (C=O) groups is 1. The third-order valence-corrected chi connectivity index (χ3v) is 4.18. The number of rotatable bonds is 17. The van der Waals surface area contributed by atoms with Crippen molar-refractivity contribution in [2.24, 2.45) is 0 Å². The molecule has 0 unspecified atom stereocenters. The quantitative estimate of drug-likeness (QED) is 0.169. The number of hydrogen-bond donors (Lipinski definition) is 0. The Balaban J connectivity index is 3.07. The zero-order valence-electron chi connectivity index (χ0n) is 15.8. The van der Waals surface area contributed by atoms with Gasteiger partial charge in [0.15, 0.2) is 0 Å². The highest BCUT2D eigenvalue weighted by molar-refractivity contribution is 5.59. The molecule has 0 aliphatic rings. The number of hydrogen-bond acceptors (Lipinski definition) is 3. The summed E-state index contributed by atoms with van der Waals surface area (Å²) in [4.78, 5) is 11.1. The van der Waals surface area contributed by atoms with Crippen LogP contribution >= 0.6 is 0 Å². The van der Waals surface area contributed by atoms with Crippen LogP contribution in [0.5, 0.6) is 0 Å². The largest absolute Gasteiger partial charge is 0.508 e. The summed E-state index contributed by atoms with van der Waals surface area (Å²) in [6.45, 7) is 2.96. The van der Waals surface area contributed by atoms with Crippen LogP contribution in [0, 0.1) is 12.3 Å². The van der Waals surface area contributed by atoms with E-state index in [-0.39, 0.29) is 6.61 Å². The van der Waals surface area contributed by atoms with Crippen LogP contribution in [0.25, 0.3) is 0 Å². The molecule has 0 amide bonds. The van der Waals surface area contributed by atoms with Crippen molar-refractivity contribution in [2.75, 3.05) is 13.2 Å². The summed E-state index contributed by atoms with van der Waals surface area (Å²) in [5.74, 6) is 2.41. The number of carbonyl (C=O) groups excluding carboxylic acids is 1. The first-order valence-corrected chi connectivity index (χ1v) is 10.0. The molecule has 0 spiro atoms. The zero-order chi connectivity index (χ0) is 17.7. The van der Waals surface area contributed by atoms with Gasteiger partial charge in [-0.3, -0.25) is 0 Å². The van der Waals surface area contributed by atoms with Crippen LogP contribution in [0.15, 0.2) is 0 Å². The molecule has 0 N–H and O–H groups in total. The first-order chi connectivity index (χ1) is 11.8. The molecule has 3 heteroatoms. The molecule has 0 bridgehead atoms. The van der Waals surface area contributed by atoms with Gasteiger partial charge in [-0.15, -0.1) is 12.3 Å². The second-order valence-electron chi connectivity index (χ2n) is 6.50. The molecule has 0 aliphatic heterocycles. The Morgan fingerprint density at radius 1 is 0.708 bits per heavy atom. The number of unbranched alkanes of at least 4 members (excludes halogenated alkanes) is 13. The van der Waals surface area contributed by atoms with Gasteiger partial charge < -0.3 is 9.47 Å². The van der Waals surface area contributed by atoms with E-state index in [2.05, 4.69) is 12.8 Å². The number of terminal acetylenes is 1. The van der Waals surface area contributed by atoms with E-state index in [0.29, 0.717) is 13.0 Å². The topological polar surface area (TPSA) is 35.5 Å². The van der Waals surface area contributed by atoms with E-state index in [9.17, 15) is 4.79 Å². The molecule has 24 heavy (non-hydrogen) atoms. The Bertz CT molecular complexity index is 307. The van der Waals surface area contributed by atoms with Crippen LogP contribution in [0.3, 0.4) is 0 Å². The van der Waals surface area contributed by atoms with Crippen LogP contribution in [0.2, 0.25) is 0 Å². The highest BCUT2D eigenvalue weighted by Crippen LogP contribution is 2.12. The molecule has 0 aromatic heterocycles. The summed E-state index contributed by atoms with van der Waals surface area (Å²) in [5.41, 5.74) is 0. The molecular formula is C21H38O3. The van der Waals surface area contributed by atoms with Crippen LogP contribution in [0.4, 0.5) is 4.79 Å². The normalized spacial score (nSPS) is 10.3. The van der Waals surface area contributed by atoms with E-state index in [1.807, 2.05) is 0 Å². The summed E-state index contributed by atoms with van der Waals surface area (Å²) in [6, 6.07) is 0. The molecule has 0 saturated heterocycles. The van der Waals surface area contributed by atoms with Crippen molar-refractivity contribution >= 4 is 6.16 Å². The average Bonchev–Trinajstić information content (AvgIpc) is 2.58. The van der Waals surface area contributed by atoms with Gasteiger partial charge in [-0.1, -0.05) is 90.4 Å². The van der Waals surface area contributed by atoms with E-state index in [0.717, 1.165) is 12.8 Å². The van der Waals surface area contributed by atoms with E-state index in [1.165, 1.54) is 77.0 Å². The van der Waals surface area contributed by atoms with Crippen molar-refractivity contribution in [1.29, 1.82) is 0 Å².